The zero-order chi connectivity index (χ0) is 17.1. The Balaban J connectivity index is 1.58. The van der Waals surface area contributed by atoms with E-state index in [1.807, 2.05) is 0 Å². The third-order valence-electron chi connectivity index (χ3n) is 6.22. The molecular formula is C19H23FN2O2. The molecule has 1 aromatic carbocycles. The summed E-state index contributed by atoms with van der Waals surface area (Å²) in [6.45, 7) is 2.05. The summed E-state index contributed by atoms with van der Waals surface area (Å²) in [6, 6.07) is 5.29. The monoisotopic (exact) mass is 330 g/mol. The van der Waals surface area contributed by atoms with Gasteiger partial charge in [-0.05, 0) is 56.1 Å². The molecular weight excluding hydrogens is 307 g/mol. The zero-order valence-corrected chi connectivity index (χ0v) is 13.9. The Morgan fingerprint density at radius 2 is 1.83 bits per heavy atom. The van der Waals surface area contributed by atoms with Gasteiger partial charge in [-0.2, -0.15) is 0 Å². The molecule has 2 amide bonds. The van der Waals surface area contributed by atoms with E-state index < -0.39 is 11.7 Å². The Morgan fingerprint density at radius 3 is 2.38 bits per heavy atom. The van der Waals surface area contributed by atoms with Crippen LogP contribution in [0.1, 0.15) is 67.3 Å². The summed E-state index contributed by atoms with van der Waals surface area (Å²) in [5, 5.41) is 0. The number of hydrogen-bond donors (Lipinski definition) is 1. The van der Waals surface area contributed by atoms with Gasteiger partial charge in [0.15, 0.2) is 0 Å². The van der Waals surface area contributed by atoms with Crippen LogP contribution in [0.5, 0.6) is 0 Å². The average molecular weight is 330 g/mol. The average Bonchev–Trinajstić information content (AvgIpc) is 3.24. The predicted molar refractivity (Wildman–Crippen MR) is 87.9 cm³/mol. The van der Waals surface area contributed by atoms with Gasteiger partial charge in [0.2, 0.25) is 5.91 Å². The fourth-order valence-corrected chi connectivity index (χ4v) is 4.53. The van der Waals surface area contributed by atoms with Crippen molar-refractivity contribution in [3.05, 3.63) is 35.1 Å². The molecule has 128 valence electrons. The van der Waals surface area contributed by atoms with Crippen molar-refractivity contribution in [2.45, 2.75) is 63.5 Å². The van der Waals surface area contributed by atoms with E-state index in [0.717, 1.165) is 38.5 Å². The van der Waals surface area contributed by atoms with Gasteiger partial charge in [0, 0.05) is 17.5 Å². The first-order valence-electron chi connectivity index (χ1n) is 8.82. The second kappa shape index (κ2) is 5.30. The molecule has 2 aliphatic heterocycles. The first-order valence-corrected chi connectivity index (χ1v) is 8.82. The lowest BCUT2D eigenvalue weighted by molar-refractivity contribution is -0.141. The topological polar surface area (TPSA) is 63.4 Å². The lowest BCUT2D eigenvalue weighted by Crippen LogP contribution is -2.48. The Morgan fingerprint density at radius 1 is 1.21 bits per heavy atom. The number of fused-ring (bicyclic) bond motifs is 2. The van der Waals surface area contributed by atoms with Crippen LogP contribution in [0.15, 0.2) is 18.2 Å². The largest absolute Gasteiger partial charge is 0.366 e. The van der Waals surface area contributed by atoms with Gasteiger partial charge in [-0.3, -0.25) is 9.59 Å². The summed E-state index contributed by atoms with van der Waals surface area (Å²) in [5.74, 6) is -0.868. The second-order valence-electron chi connectivity index (χ2n) is 7.90. The smallest absolute Gasteiger partial charge is 0.251 e. The van der Waals surface area contributed by atoms with Crippen molar-refractivity contribution in [2.75, 3.05) is 0 Å². The molecule has 2 bridgehead atoms. The highest BCUT2D eigenvalue weighted by atomic mass is 19.1. The molecule has 0 aromatic heterocycles. The van der Waals surface area contributed by atoms with E-state index >= 15 is 0 Å². The highest BCUT2D eigenvalue weighted by Gasteiger charge is 2.53. The predicted octanol–water partition coefficient (Wildman–Crippen LogP) is 2.96. The van der Waals surface area contributed by atoms with Crippen LogP contribution in [-0.2, 0) is 4.79 Å². The van der Waals surface area contributed by atoms with Gasteiger partial charge in [0.25, 0.3) is 5.91 Å². The van der Waals surface area contributed by atoms with Gasteiger partial charge >= 0.3 is 0 Å². The molecule has 2 N–H and O–H groups in total. The minimum Gasteiger partial charge on any atom is -0.366 e. The normalized spacial score (nSPS) is 30.2. The number of carbonyl (C=O) groups excluding carboxylic acids is 2. The van der Waals surface area contributed by atoms with Crippen LogP contribution >= 0.6 is 0 Å². The number of benzene rings is 1. The summed E-state index contributed by atoms with van der Waals surface area (Å²) in [6.07, 6.45) is 5.52. The number of primary amides is 1. The summed E-state index contributed by atoms with van der Waals surface area (Å²) >= 11 is 0. The van der Waals surface area contributed by atoms with Crippen LogP contribution in [0, 0.1) is 11.2 Å². The van der Waals surface area contributed by atoms with E-state index in [4.69, 9.17) is 5.73 Å². The van der Waals surface area contributed by atoms with Crippen molar-refractivity contribution < 1.29 is 14.0 Å². The number of hydrogen-bond acceptors (Lipinski definition) is 2. The van der Waals surface area contributed by atoms with Crippen LogP contribution in [0.4, 0.5) is 4.39 Å². The molecule has 4 nitrogen and oxygen atoms in total. The van der Waals surface area contributed by atoms with Crippen LogP contribution in [0.3, 0.4) is 0 Å². The Labute approximate surface area is 141 Å². The minimum atomic E-state index is -0.730. The number of nitrogens with two attached hydrogens (primary N) is 1. The van der Waals surface area contributed by atoms with E-state index in [1.54, 1.807) is 12.1 Å². The third-order valence-corrected chi connectivity index (χ3v) is 6.22. The molecule has 3 fully saturated rings. The fourth-order valence-electron chi connectivity index (χ4n) is 4.53. The van der Waals surface area contributed by atoms with Crippen molar-refractivity contribution in [3.8, 4) is 0 Å². The molecule has 0 spiro atoms. The number of piperidine rings is 1. The van der Waals surface area contributed by atoms with Gasteiger partial charge in [0.05, 0.1) is 5.56 Å². The van der Waals surface area contributed by atoms with Gasteiger partial charge in [-0.15, -0.1) is 0 Å². The van der Waals surface area contributed by atoms with E-state index in [2.05, 4.69) is 11.8 Å². The maximum absolute atomic E-state index is 14.7. The van der Waals surface area contributed by atoms with Crippen molar-refractivity contribution in [3.63, 3.8) is 0 Å². The quantitative estimate of drug-likeness (QED) is 0.926. The highest BCUT2D eigenvalue weighted by Crippen LogP contribution is 2.51. The lowest BCUT2D eigenvalue weighted by Gasteiger charge is -2.40. The Hall–Kier alpha value is -1.91. The molecule has 4 rings (SSSR count). The summed E-state index contributed by atoms with van der Waals surface area (Å²) in [5.41, 5.74) is 5.66. The Kier molecular flexibility index (Phi) is 3.44. The lowest BCUT2D eigenvalue weighted by atomic mass is 9.83. The van der Waals surface area contributed by atoms with E-state index in [-0.39, 0.29) is 29.0 Å². The molecule has 1 aromatic rings. The summed E-state index contributed by atoms with van der Waals surface area (Å²) < 4.78 is 14.7. The first-order chi connectivity index (χ1) is 11.4. The standard InChI is InChI=1S/C19H23FN2O2/c1-19(7-8-19)18(24)22-12-5-6-13(22)10-11(9-12)14-3-2-4-15(16(14)20)17(21)23/h2-4,11-13H,5-10H2,1H3,(H2,21,23). The number of rotatable bonds is 3. The van der Waals surface area contributed by atoms with E-state index in [9.17, 15) is 14.0 Å². The number of carbonyl (C=O) groups is 2. The third kappa shape index (κ3) is 2.33. The number of nitrogens with zero attached hydrogens (tertiary/aromatic N) is 1. The SMILES string of the molecule is CC1(C(=O)N2C3CCC2CC(c2cccc(C(N)=O)c2F)C3)CC1. The van der Waals surface area contributed by atoms with Crippen molar-refractivity contribution in [1.82, 2.24) is 4.90 Å². The van der Waals surface area contributed by atoms with Crippen LogP contribution in [-0.4, -0.2) is 28.8 Å². The van der Waals surface area contributed by atoms with E-state index in [1.165, 1.54) is 6.07 Å². The molecule has 3 aliphatic rings. The van der Waals surface area contributed by atoms with Crippen LogP contribution in [0.2, 0.25) is 0 Å². The van der Waals surface area contributed by atoms with Crippen molar-refractivity contribution >= 4 is 11.8 Å². The van der Waals surface area contributed by atoms with E-state index in [0.29, 0.717) is 11.5 Å². The molecule has 2 atom stereocenters. The minimum absolute atomic E-state index is 0.0381. The molecule has 2 saturated heterocycles. The molecule has 24 heavy (non-hydrogen) atoms. The second-order valence-corrected chi connectivity index (χ2v) is 7.90. The van der Waals surface area contributed by atoms with Crippen molar-refractivity contribution in [1.29, 1.82) is 0 Å². The number of halogens is 1. The Bertz CT molecular complexity index is 699. The van der Waals surface area contributed by atoms with Crippen LogP contribution in [0.25, 0.3) is 0 Å². The van der Waals surface area contributed by atoms with Gasteiger partial charge in [0.1, 0.15) is 5.82 Å². The van der Waals surface area contributed by atoms with Gasteiger partial charge in [-0.1, -0.05) is 19.1 Å². The first kappa shape index (κ1) is 15.6. The maximum Gasteiger partial charge on any atom is 0.251 e. The summed E-state index contributed by atoms with van der Waals surface area (Å²) in [4.78, 5) is 26.3. The molecule has 2 unspecified atom stereocenters. The highest BCUT2D eigenvalue weighted by molar-refractivity contribution is 5.93. The molecule has 5 heteroatoms. The van der Waals surface area contributed by atoms with Gasteiger partial charge < -0.3 is 10.6 Å². The fraction of sp³-hybridized carbons (Fsp3) is 0.579. The molecule has 0 radical (unpaired) electrons. The molecule has 1 aliphatic carbocycles. The molecule has 1 saturated carbocycles. The number of amides is 2. The van der Waals surface area contributed by atoms with Gasteiger partial charge in [-0.25, -0.2) is 4.39 Å². The zero-order valence-electron chi connectivity index (χ0n) is 13.9. The maximum atomic E-state index is 14.7. The molecule has 2 heterocycles. The van der Waals surface area contributed by atoms with Crippen molar-refractivity contribution in [2.24, 2.45) is 11.1 Å². The van der Waals surface area contributed by atoms with Crippen LogP contribution < -0.4 is 5.73 Å². The summed E-state index contributed by atoms with van der Waals surface area (Å²) in [7, 11) is 0.